The van der Waals surface area contributed by atoms with Crippen molar-refractivity contribution in [1.82, 2.24) is 19.5 Å². The average Bonchev–Trinajstić information content (AvgIpc) is 2.72. The summed E-state index contributed by atoms with van der Waals surface area (Å²) in [4.78, 5) is 12.9. The minimum Gasteiger partial charge on any atom is -0.363 e. The number of hydrogen-bond acceptors (Lipinski definition) is 4. The van der Waals surface area contributed by atoms with Gasteiger partial charge in [0.15, 0.2) is 0 Å². The SMILES string of the molecule is Cc1ccc2c(c1)nc(CNc1cc(C)ncn1)n2C. The maximum absolute atomic E-state index is 4.67. The third-order valence-electron chi connectivity index (χ3n) is 3.36. The second-order valence-electron chi connectivity index (χ2n) is 4.98. The largest absolute Gasteiger partial charge is 0.363 e. The van der Waals surface area contributed by atoms with E-state index in [1.807, 2.05) is 20.0 Å². The van der Waals surface area contributed by atoms with Crippen LogP contribution in [0.25, 0.3) is 11.0 Å². The van der Waals surface area contributed by atoms with E-state index in [2.05, 4.69) is 50.0 Å². The molecule has 0 bridgehead atoms. The fraction of sp³-hybridized carbons (Fsp3) is 0.267. The zero-order chi connectivity index (χ0) is 14.1. The lowest BCUT2D eigenvalue weighted by atomic mass is 10.2. The van der Waals surface area contributed by atoms with E-state index in [4.69, 9.17) is 0 Å². The Balaban J connectivity index is 1.86. The molecule has 0 aliphatic carbocycles. The molecule has 0 unspecified atom stereocenters. The molecule has 0 amide bonds. The van der Waals surface area contributed by atoms with Crippen molar-refractivity contribution >= 4 is 16.9 Å². The Bertz CT molecular complexity index is 760. The number of anilines is 1. The molecule has 1 N–H and O–H groups in total. The van der Waals surface area contributed by atoms with Crippen LogP contribution in [0.1, 0.15) is 17.1 Å². The Kier molecular flexibility index (Phi) is 3.10. The third-order valence-corrected chi connectivity index (χ3v) is 3.36. The van der Waals surface area contributed by atoms with Gasteiger partial charge >= 0.3 is 0 Å². The smallest absolute Gasteiger partial charge is 0.129 e. The van der Waals surface area contributed by atoms with Crippen LogP contribution in [0.2, 0.25) is 0 Å². The maximum atomic E-state index is 4.67. The normalized spacial score (nSPS) is 10.9. The van der Waals surface area contributed by atoms with Crippen LogP contribution in [-0.2, 0) is 13.6 Å². The molecule has 102 valence electrons. The van der Waals surface area contributed by atoms with E-state index in [0.717, 1.165) is 28.4 Å². The van der Waals surface area contributed by atoms with Gasteiger partial charge in [-0.3, -0.25) is 0 Å². The summed E-state index contributed by atoms with van der Waals surface area (Å²) < 4.78 is 2.11. The monoisotopic (exact) mass is 267 g/mol. The zero-order valence-corrected chi connectivity index (χ0v) is 11.9. The molecule has 0 spiro atoms. The summed E-state index contributed by atoms with van der Waals surface area (Å²) in [7, 11) is 2.03. The quantitative estimate of drug-likeness (QED) is 0.792. The lowest BCUT2D eigenvalue weighted by Gasteiger charge is -2.06. The first-order chi connectivity index (χ1) is 9.63. The molecule has 0 saturated carbocycles. The first-order valence-electron chi connectivity index (χ1n) is 6.58. The highest BCUT2D eigenvalue weighted by Crippen LogP contribution is 2.17. The Hall–Kier alpha value is -2.43. The predicted molar refractivity (Wildman–Crippen MR) is 79.5 cm³/mol. The summed E-state index contributed by atoms with van der Waals surface area (Å²) in [6, 6.07) is 8.24. The van der Waals surface area contributed by atoms with Gasteiger partial charge in [-0.2, -0.15) is 0 Å². The highest BCUT2D eigenvalue weighted by Gasteiger charge is 2.07. The fourth-order valence-corrected chi connectivity index (χ4v) is 2.24. The average molecular weight is 267 g/mol. The highest BCUT2D eigenvalue weighted by atomic mass is 15.1. The second-order valence-corrected chi connectivity index (χ2v) is 4.98. The van der Waals surface area contributed by atoms with Crippen LogP contribution < -0.4 is 5.32 Å². The lowest BCUT2D eigenvalue weighted by molar-refractivity contribution is 0.831. The Morgan fingerprint density at radius 1 is 1.15 bits per heavy atom. The van der Waals surface area contributed by atoms with Gasteiger partial charge in [0.05, 0.1) is 17.6 Å². The molecule has 5 nitrogen and oxygen atoms in total. The molecule has 0 saturated heterocycles. The van der Waals surface area contributed by atoms with Gasteiger partial charge in [-0.25, -0.2) is 15.0 Å². The summed E-state index contributed by atoms with van der Waals surface area (Å²) in [6.45, 7) is 4.67. The van der Waals surface area contributed by atoms with Crippen LogP contribution in [0.15, 0.2) is 30.6 Å². The number of nitrogens with one attached hydrogen (secondary N) is 1. The fourth-order valence-electron chi connectivity index (χ4n) is 2.24. The van der Waals surface area contributed by atoms with E-state index in [9.17, 15) is 0 Å². The van der Waals surface area contributed by atoms with Crippen LogP contribution in [0, 0.1) is 13.8 Å². The lowest BCUT2D eigenvalue weighted by Crippen LogP contribution is -2.07. The topological polar surface area (TPSA) is 55.6 Å². The molecular weight excluding hydrogens is 250 g/mol. The van der Waals surface area contributed by atoms with Gasteiger partial charge in [-0.05, 0) is 31.5 Å². The van der Waals surface area contributed by atoms with E-state index in [0.29, 0.717) is 6.54 Å². The van der Waals surface area contributed by atoms with Crippen molar-refractivity contribution in [2.75, 3.05) is 5.32 Å². The molecule has 0 atom stereocenters. The second kappa shape index (κ2) is 4.92. The number of aryl methyl sites for hydroxylation is 3. The van der Waals surface area contributed by atoms with Gasteiger partial charge in [0.25, 0.3) is 0 Å². The summed E-state index contributed by atoms with van der Waals surface area (Å²) in [5, 5.41) is 3.28. The molecule has 3 rings (SSSR count). The minimum atomic E-state index is 0.640. The van der Waals surface area contributed by atoms with Gasteiger partial charge in [0, 0.05) is 18.8 Å². The number of imidazole rings is 1. The molecule has 3 aromatic rings. The van der Waals surface area contributed by atoms with Crippen molar-refractivity contribution in [2.24, 2.45) is 7.05 Å². The van der Waals surface area contributed by atoms with Gasteiger partial charge in [0.1, 0.15) is 18.0 Å². The van der Waals surface area contributed by atoms with Gasteiger partial charge < -0.3 is 9.88 Å². The predicted octanol–water partition coefficient (Wildman–Crippen LogP) is 2.59. The number of hydrogen-bond donors (Lipinski definition) is 1. The number of benzene rings is 1. The van der Waals surface area contributed by atoms with Crippen molar-refractivity contribution < 1.29 is 0 Å². The number of rotatable bonds is 3. The Labute approximate surface area is 117 Å². The number of aromatic nitrogens is 4. The molecular formula is C15H17N5. The Morgan fingerprint density at radius 2 is 2.00 bits per heavy atom. The van der Waals surface area contributed by atoms with E-state index in [-0.39, 0.29) is 0 Å². The first kappa shape index (κ1) is 12.6. The Morgan fingerprint density at radius 3 is 2.80 bits per heavy atom. The molecule has 0 aliphatic rings. The van der Waals surface area contributed by atoms with Crippen molar-refractivity contribution in [1.29, 1.82) is 0 Å². The summed E-state index contributed by atoms with van der Waals surface area (Å²) in [6.07, 6.45) is 1.57. The minimum absolute atomic E-state index is 0.640. The summed E-state index contributed by atoms with van der Waals surface area (Å²) in [5.74, 6) is 1.81. The van der Waals surface area contributed by atoms with Crippen LogP contribution in [0.5, 0.6) is 0 Å². The first-order valence-corrected chi connectivity index (χ1v) is 6.58. The van der Waals surface area contributed by atoms with Crippen molar-refractivity contribution in [2.45, 2.75) is 20.4 Å². The van der Waals surface area contributed by atoms with Crippen LogP contribution in [0.3, 0.4) is 0 Å². The third kappa shape index (κ3) is 2.34. The molecule has 2 aromatic heterocycles. The summed E-state index contributed by atoms with van der Waals surface area (Å²) in [5.41, 5.74) is 4.35. The van der Waals surface area contributed by atoms with Crippen LogP contribution in [0.4, 0.5) is 5.82 Å². The van der Waals surface area contributed by atoms with Gasteiger partial charge in [-0.15, -0.1) is 0 Å². The van der Waals surface area contributed by atoms with Crippen molar-refractivity contribution in [3.05, 3.63) is 47.7 Å². The number of nitrogens with zero attached hydrogens (tertiary/aromatic N) is 4. The highest BCUT2D eigenvalue weighted by molar-refractivity contribution is 5.76. The zero-order valence-electron chi connectivity index (χ0n) is 11.9. The van der Waals surface area contributed by atoms with E-state index in [1.54, 1.807) is 6.33 Å². The van der Waals surface area contributed by atoms with Crippen LogP contribution >= 0.6 is 0 Å². The molecule has 0 aliphatic heterocycles. The van der Waals surface area contributed by atoms with Crippen LogP contribution in [-0.4, -0.2) is 19.5 Å². The molecule has 5 heteroatoms. The van der Waals surface area contributed by atoms with Crippen molar-refractivity contribution in [3.63, 3.8) is 0 Å². The maximum Gasteiger partial charge on any atom is 0.129 e. The number of fused-ring (bicyclic) bond motifs is 1. The van der Waals surface area contributed by atoms with E-state index >= 15 is 0 Å². The van der Waals surface area contributed by atoms with Gasteiger partial charge in [-0.1, -0.05) is 6.07 Å². The van der Waals surface area contributed by atoms with Crippen molar-refractivity contribution in [3.8, 4) is 0 Å². The molecule has 20 heavy (non-hydrogen) atoms. The molecule has 0 radical (unpaired) electrons. The van der Waals surface area contributed by atoms with E-state index < -0.39 is 0 Å². The standard InChI is InChI=1S/C15H17N5/c1-10-4-5-13-12(6-10)19-15(20(13)3)8-16-14-7-11(2)17-9-18-14/h4-7,9H,8H2,1-3H3,(H,16,17,18). The molecule has 1 aromatic carbocycles. The summed E-state index contributed by atoms with van der Waals surface area (Å²) >= 11 is 0. The molecule has 2 heterocycles. The van der Waals surface area contributed by atoms with E-state index in [1.165, 1.54) is 5.56 Å². The van der Waals surface area contributed by atoms with Gasteiger partial charge in [0.2, 0.25) is 0 Å². The molecule has 0 fully saturated rings.